The summed E-state index contributed by atoms with van der Waals surface area (Å²) in [5, 5.41) is 72.6. The molecule has 0 spiro atoms. The van der Waals surface area contributed by atoms with Gasteiger partial charge < -0.3 is 64.2 Å². The Balaban J connectivity index is 1.69. The van der Waals surface area contributed by atoms with Crippen LogP contribution in [0.5, 0.6) is 0 Å². The van der Waals surface area contributed by atoms with E-state index in [-0.39, 0.29) is 19.6 Å². The fourth-order valence-corrected chi connectivity index (χ4v) is 9.49. The lowest BCUT2D eigenvalue weighted by atomic mass is 9.98. The molecule has 14 nitrogen and oxygen atoms in total. The Bertz CT molecular complexity index is 1920. The molecule has 0 radical (unpaired) electrons. The van der Waals surface area contributed by atoms with Gasteiger partial charge in [0.2, 0.25) is 0 Å². The number of aliphatic hydroxyl groups excluding tert-OH is 7. The number of ether oxygens (including phenoxy) is 6. The Labute approximate surface area is 513 Å². The maximum atomic E-state index is 13.1. The van der Waals surface area contributed by atoms with Gasteiger partial charge in [-0.2, -0.15) is 0 Å². The van der Waals surface area contributed by atoms with Crippen LogP contribution in [-0.4, -0.2) is 142 Å². The van der Waals surface area contributed by atoms with Gasteiger partial charge in [0.15, 0.2) is 12.6 Å². The molecule has 7 N–H and O–H groups in total. The van der Waals surface area contributed by atoms with E-state index in [9.17, 15) is 40.5 Å². The molecule has 2 fully saturated rings. The predicted molar refractivity (Wildman–Crippen MR) is 343 cm³/mol. The highest BCUT2D eigenvalue weighted by Crippen LogP contribution is 2.27. The highest BCUT2D eigenvalue weighted by molar-refractivity contribution is 5.69. The molecular formula is C71H116O14. The van der Waals surface area contributed by atoms with Gasteiger partial charge >= 0.3 is 5.97 Å². The van der Waals surface area contributed by atoms with Crippen molar-refractivity contribution in [3.05, 3.63) is 134 Å². The lowest BCUT2D eigenvalue weighted by Crippen LogP contribution is -2.61. The van der Waals surface area contributed by atoms with Gasteiger partial charge in [0.25, 0.3) is 0 Å². The van der Waals surface area contributed by atoms with E-state index in [2.05, 4.69) is 148 Å². The molecule has 2 heterocycles. The van der Waals surface area contributed by atoms with Crippen molar-refractivity contribution in [3.8, 4) is 0 Å². The van der Waals surface area contributed by atoms with Crippen LogP contribution in [0.15, 0.2) is 134 Å². The fourth-order valence-electron chi connectivity index (χ4n) is 9.49. The number of rotatable bonds is 52. The number of allylic oxidation sites excluding steroid dienone is 22. The van der Waals surface area contributed by atoms with E-state index in [1.54, 1.807) is 0 Å². The zero-order valence-electron chi connectivity index (χ0n) is 52.3. The monoisotopic (exact) mass is 1190 g/mol. The molecule has 2 rings (SSSR count). The summed E-state index contributed by atoms with van der Waals surface area (Å²) >= 11 is 0. The Hall–Kier alpha value is -3.87. The Morgan fingerprint density at radius 1 is 0.388 bits per heavy atom. The van der Waals surface area contributed by atoms with Crippen molar-refractivity contribution in [1.82, 2.24) is 0 Å². The van der Waals surface area contributed by atoms with Crippen molar-refractivity contribution < 1.29 is 69.0 Å². The normalized spacial score (nSPS) is 24.1. The van der Waals surface area contributed by atoms with E-state index in [4.69, 9.17) is 28.4 Å². The zero-order valence-corrected chi connectivity index (χ0v) is 52.3. The van der Waals surface area contributed by atoms with Crippen LogP contribution in [0.25, 0.3) is 0 Å². The summed E-state index contributed by atoms with van der Waals surface area (Å²) in [6, 6.07) is 0. The van der Waals surface area contributed by atoms with Gasteiger partial charge in [0.05, 0.1) is 26.4 Å². The lowest BCUT2D eigenvalue weighted by molar-refractivity contribution is -0.332. The highest BCUT2D eigenvalue weighted by atomic mass is 16.7. The Kier molecular flexibility index (Phi) is 50.4. The second-order valence-electron chi connectivity index (χ2n) is 22.2. The topological polar surface area (TPSA) is 214 Å². The summed E-state index contributed by atoms with van der Waals surface area (Å²) in [4.78, 5) is 13.1. The summed E-state index contributed by atoms with van der Waals surface area (Å²) in [7, 11) is 0. The molecule has 0 saturated carbocycles. The van der Waals surface area contributed by atoms with Crippen molar-refractivity contribution in [2.24, 2.45) is 0 Å². The third kappa shape index (κ3) is 41.1. The largest absolute Gasteiger partial charge is 0.457 e. The lowest BCUT2D eigenvalue weighted by Gasteiger charge is -2.42. The van der Waals surface area contributed by atoms with Crippen molar-refractivity contribution in [3.63, 3.8) is 0 Å². The minimum absolute atomic E-state index is 0.0420. The molecule has 0 aromatic heterocycles. The average molecular weight is 1190 g/mol. The van der Waals surface area contributed by atoms with Crippen LogP contribution in [0.2, 0.25) is 0 Å². The third-order valence-corrected chi connectivity index (χ3v) is 14.7. The minimum Gasteiger partial charge on any atom is -0.457 e. The van der Waals surface area contributed by atoms with Gasteiger partial charge in [-0.15, -0.1) is 0 Å². The van der Waals surface area contributed by atoms with E-state index in [1.165, 1.54) is 51.4 Å². The maximum Gasteiger partial charge on any atom is 0.306 e. The summed E-state index contributed by atoms with van der Waals surface area (Å²) < 4.78 is 34.5. The predicted octanol–water partition coefficient (Wildman–Crippen LogP) is 13.4. The van der Waals surface area contributed by atoms with Crippen LogP contribution in [0.1, 0.15) is 206 Å². The first-order chi connectivity index (χ1) is 41.6. The zero-order chi connectivity index (χ0) is 61.5. The van der Waals surface area contributed by atoms with Gasteiger partial charge in [-0.05, 0) is 109 Å². The van der Waals surface area contributed by atoms with Crippen molar-refractivity contribution in [1.29, 1.82) is 0 Å². The molecule has 0 amide bonds. The Morgan fingerprint density at radius 2 is 0.729 bits per heavy atom. The quantitative estimate of drug-likeness (QED) is 0.0172. The van der Waals surface area contributed by atoms with Crippen LogP contribution < -0.4 is 0 Å². The summed E-state index contributed by atoms with van der Waals surface area (Å²) in [5.41, 5.74) is 0. The van der Waals surface area contributed by atoms with E-state index >= 15 is 0 Å². The van der Waals surface area contributed by atoms with Crippen LogP contribution in [0.3, 0.4) is 0 Å². The number of unbranched alkanes of at least 4 members (excludes halogenated alkanes) is 16. The summed E-state index contributed by atoms with van der Waals surface area (Å²) in [6.07, 6.45) is 63.6. The molecule has 14 heteroatoms. The van der Waals surface area contributed by atoms with Crippen LogP contribution in [0, 0.1) is 0 Å². The minimum atomic E-state index is -1.72. The van der Waals surface area contributed by atoms with E-state index in [1.807, 2.05) is 0 Å². The molecule has 11 unspecified atom stereocenters. The van der Waals surface area contributed by atoms with Crippen LogP contribution >= 0.6 is 0 Å². The second-order valence-corrected chi connectivity index (χ2v) is 22.2. The van der Waals surface area contributed by atoms with Gasteiger partial charge in [-0.25, -0.2) is 0 Å². The van der Waals surface area contributed by atoms with E-state index in [0.717, 1.165) is 128 Å². The molecule has 0 aromatic rings. The van der Waals surface area contributed by atoms with E-state index < -0.39 is 86.7 Å². The van der Waals surface area contributed by atoms with Crippen LogP contribution in [0.4, 0.5) is 0 Å². The molecule has 85 heavy (non-hydrogen) atoms. The molecule has 0 bridgehead atoms. The number of esters is 1. The molecule has 2 aliphatic heterocycles. The van der Waals surface area contributed by atoms with Crippen molar-refractivity contribution in [2.45, 2.75) is 274 Å². The third-order valence-electron chi connectivity index (χ3n) is 14.7. The number of aliphatic hydroxyl groups is 7. The first-order valence-electron chi connectivity index (χ1n) is 32.8. The smallest absolute Gasteiger partial charge is 0.306 e. The first-order valence-corrected chi connectivity index (χ1v) is 32.8. The fraction of sp³-hybridized carbons (Fsp3) is 0.676. The van der Waals surface area contributed by atoms with Gasteiger partial charge in [-0.3, -0.25) is 4.79 Å². The highest BCUT2D eigenvalue weighted by Gasteiger charge is 2.47. The van der Waals surface area contributed by atoms with Crippen molar-refractivity contribution in [2.75, 3.05) is 33.0 Å². The Morgan fingerprint density at radius 3 is 1.14 bits per heavy atom. The molecule has 0 aliphatic carbocycles. The van der Waals surface area contributed by atoms with Gasteiger partial charge in [0, 0.05) is 13.0 Å². The SMILES string of the molecule is CC/C=C\C/C=C\C/C=C\C/C=C\C/C=C\C/C=C\CCCCCCCCCOCC(COC1OC(COC2OC(CO)C(O)C(O)C2O)C(O)C(O)C1O)OC(=O)CCCCCCCCCCC/C=C\C/C=C\C/C=C\C/C=C\C/C=C\CC. The molecule has 11 atom stereocenters. The van der Waals surface area contributed by atoms with E-state index in [0.29, 0.717) is 13.0 Å². The number of carbonyl (C=O) groups excluding carboxylic acids is 1. The van der Waals surface area contributed by atoms with Crippen molar-refractivity contribution >= 4 is 5.97 Å². The first kappa shape index (κ1) is 77.2. The summed E-state index contributed by atoms with van der Waals surface area (Å²) in [5.74, 6) is -0.392. The number of carbonyl (C=O) groups is 1. The molecule has 2 aliphatic rings. The number of hydrogen-bond acceptors (Lipinski definition) is 14. The molecule has 2 saturated heterocycles. The average Bonchev–Trinajstić information content (AvgIpc) is 2.82. The maximum absolute atomic E-state index is 13.1. The molecular weight excluding hydrogens is 1080 g/mol. The molecule has 0 aromatic carbocycles. The second kappa shape index (κ2) is 55.4. The number of hydrogen-bond donors (Lipinski definition) is 7. The van der Waals surface area contributed by atoms with Gasteiger partial charge in [0.1, 0.15) is 54.9 Å². The summed E-state index contributed by atoms with van der Waals surface area (Å²) in [6.45, 7) is 3.41. The van der Waals surface area contributed by atoms with Crippen LogP contribution in [-0.2, 0) is 33.2 Å². The molecule has 484 valence electrons. The van der Waals surface area contributed by atoms with Gasteiger partial charge in [-0.1, -0.05) is 225 Å². The standard InChI is InChI=1S/C71H116O14/c1-3-5-7-9-11-13-15-17-19-21-23-25-27-29-31-33-35-37-39-41-43-45-47-49-51-53-55-80-57-60(58-81-70-69(79)67(77)65(75)62(85-70)59-82-71-68(78)66(76)64(74)61(56-72)84-71)83-63(73)54-52-50-48-46-44-42-40-38-36-34-32-30-28-26-24-22-20-18-16-14-12-10-8-6-4-2/h5-8,11-14,17-20,23-26,29-32,35,37,60-62,64-72,74-79H,3-4,9-10,15-16,21-22,27-28,33-34,36,38-59H2,1-2H3/b7-5-,8-6-,13-11-,14-12-,19-17-,20-18-,25-23-,26-24-,31-29-,32-30-,37-35-.